The maximum absolute atomic E-state index is 4.70. The lowest BCUT2D eigenvalue weighted by Crippen LogP contribution is -2.07. The first-order chi connectivity index (χ1) is 10.2. The number of aromatic nitrogens is 4. The third-order valence-corrected chi connectivity index (χ3v) is 4.53. The van der Waals surface area contributed by atoms with Crippen molar-refractivity contribution in [2.75, 3.05) is 11.9 Å². The third-order valence-electron chi connectivity index (χ3n) is 3.36. The van der Waals surface area contributed by atoms with Gasteiger partial charge in [0.05, 0.1) is 5.39 Å². The second kappa shape index (κ2) is 5.81. The normalized spacial score (nSPS) is 11.2. The number of nitrogens with one attached hydrogen (secondary N) is 1. The fourth-order valence-corrected chi connectivity index (χ4v) is 3.19. The van der Waals surface area contributed by atoms with Crippen molar-refractivity contribution in [1.82, 2.24) is 19.5 Å². The predicted molar refractivity (Wildman–Crippen MR) is 87.4 cm³/mol. The molecule has 0 radical (unpaired) electrons. The Morgan fingerprint density at radius 3 is 2.81 bits per heavy atom. The average molecular weight is 301 g/mol. The molecule has 0 aliphatic carbocycles. The molecule has 3 rings (SSSR count). The molecule has 5 nitrogen and oxygen atoms in total. The number of rotatable bonds is 5. The summed E-state index contributed by atoms with van der Waals surface area (Å²) in [6, 6.07) is 2.19. The van der Waals surface area contributed by atoms with Crippen molar-refractivity contribution in [2.24, 2.45) is 0 Å². The number of hydrogen-bond acceptors (Lipinski definition) is 5. The summed E-state index contributed by atoms with van der Waals surface area (Å²) in [5, 5.41) is 4.38. The van der Waals surface area contributed by atoms with E-state index in [4.69, 9.17) is 4.98 Å². The van der Waals surface area contributed by atoms with Crippen LogP contribution in [0.5, 0.6) is 0 Å². The minimum absolute atomic E-state index is 0.692. The molecule has 0 aliphatic rings. The first kappa shape index (κ1) is 14.0. The van der Waals surface area contributed by atoms with E-state index < -0.39 is 0 Å². The van der Waals surface area contributed by atoms with Crippen LogP contribution in [0.2, 0.25) is 0 Å². The van der Waals surface area contributed by atoms with Crippen LogP contribution in [0.25, 0.3) is 16.0 Å². The van der Waals surface area contributed by atoms with Crippen LogP contribution in [0, 0.1) is 6.92 Å². The lowest BCUT2D eigenvalue weighted by Gasteiger charge is -2.09. The highest BCUT2D eigenvalue weighted by atomic mass is 32.1. The molecule has 0 amide bonds. The van der Waals surface area contributed by atoms with E-state index in [1.807, 2.05) is 17.7 Å². The van der Waals surface area contributed by atoms with Crippen LogP contribution >= 0.6 is 11.3 Å². The number of aryl methyl sites for hydroxylation is 2. The highest BCUT2D eigenvalue weighted by molar-refractivity contribution is 7.18. The monoisotopic (exact) mass is 301 g/mol. The molecular weight excluding hydrogens is 282 g/mol. The smallest absolute Gasteiger partial charge is 0.226 e. The number of hydrogen-bond donors (Lipinski definition) is 1. The van der Waals surface area contributed by atoms with E-state index in [1.165, 1.54) is 4.88 Å². The number of anilines is 1. The number of thiophene rings is 1. The summed E-state index contributed by atoms with van der Waals surface area (Å²) in [5.74, 6) is 2.53. The lowest BCUT2D eigenvalue weighted by atomic mass is 10.3. The molecule has 0 aliphatic heterocycles. The van der Waals surface area contributed by atoms with Gasteiger partial charge in [0.1, 0.15) is 10.7 Å². The van der Waals surface area contributed by atoms with Gasteiger partial charge in [0.15, 0.2) is 5.82 Å². The van der Waals surface area contributed by atoms with Crippen molar-refractivity contribution in [3.05, 3.63) is 29.2 Å². The van der Waals surface area contributed by atoms with E-state index in [9.17, 15) is 0 Å². The summed E-state index contributed by atoms with van der Waals surface area (Å²) in [6.07, 6.45) is 5.81. The van der Waals surface area contributed by atoms with Crippen molar-refractivity contribution >= 4 is 27.5 Å². The number of imidazole rings is 1. The fraction of sp³-hybridized carbons (Fsp3) is 0.400. The minimum Gasteiger partial charge on any atom is -0.354 e. The topological polar surface area (TPSA) is 55.6 Å². The molecule has 0 fully saturated rings. The van der Waals surface area contributed by atoms with Gasteiger partial charge in [-0.15, -0.1) is 11.3 Å². The number of fused-ring (bicyclic) bond motifs is 1. The highest BCUT2D eigenvalue weighted by Gasteiger charge is 2.14. The van der Waals surface area contributed by atoms with E-state index in [0.717, 1.165) is 41.2 Å². The van der Waals surface area contributed by atoms with Crippen molar-refractivity contribution in [3.8, 4) is 5.82 Å². The quantitative estimate of drug-likeness (QED) is 0.782. The van der Waals surface area contributed by atoms with Crippen LogP contribution in [0.15, 0.2) is 18.5 Å². The molecule has 0 saturated heterocycles. The zero-order valence-electron chi connectivity index (χ0n) is 12.6. The van der Waals surface area contributed by atoms with Gasteiger partial charge in [0.2, 0.25) is 5.95 Å². The SMILES string of the molecule is CCCNc1nc(-n2ccnc2C)c2cc(CC)sc2n1. The van der Waals surface area contributed by atoms with E-state index in [1.54, 1.807) is 17.5 Å². The minimum atomic E-state index is 0.692. The molecule has 6 heteroatoms. The standard InChI is InChI=1S/C15H19N5S/c1-4-6-17-15-18-13(20-8-7-16-10(20)3)12-9-11(5-2)21-14(12)19-15/h7-9H,4-6H2,1-3H3,(H,17,18,19). The Bertz CT molecular complexity index is 759. The van der Waals surface area contributed by atoms with E-state index in [0.29, 0.717) is 5.95 Å². The summed E-state index contributed by atoms with van der Waals surface area (Å²) < 4.78 is 2.02. The van der Waals surface area contributed by atoms with Gasteiger partial charge in [0.25, 0.3) is 0 Å². The molecule has 3 aromatic rings. The van der Waals surface area contributed by atoms with Gasteiger partial charge in [-0.05, 0) is 25.8 Å². The van der Waals surface area contributed by atoms with Crippen LogP contribution in [0.4, 0.5) is 5.95 Å². The third kappa shape index (κ3) is 2.63. The van der Waals surface area contributed by atoms with Crippen molar-refractivity contribution in [2.45, 2.75) is 33.6 Å². The van der Waals surface area contributed by atoms with Crippen molar-refractivity contribution in [3.63, 3.8) is 0 Å². The van der Waals surface area contributed by atoms with Gasteiger partial charge in [-0.1, -0.05) is 13.8 Å². The molecule has 110 valence electrons. The van der Waals surface area contributed by atoms with Gasteiger partial charge in [0, 0.05) is 23.8 Å². The van der Waals surface area contributed by atoms with Gasteiger partial charge in [-0.25, -0.2) is 9.97 Å². The fourth-order valence-electron chi connectivity index (χ4n) is 2.23. The lowest BCUT2D eigenvalue weighted by molar-refractivity contribution is 0.918. The van der Waals surface area contributed by atoms with Crippen LogP contribution in [-0.2, 0) is 6.42 Å². The molecule has 0 saturated carbocycles. The van der Waals surface area contributed by atoms with Gasteiger partial charge < -0.3 is 5.32 Å². The Morgan fingerprint density at radius 1 is 1.29 bits per heavy atom. The Morgan fingerprint density at radius 2 is 2.14 bits per heavy atom. The molecule has 0 aromatic carbocycles. The first-order valence-corrected chi connectivity index (χ1v) is 8.09. The molecule has 1 N–H and O–H groups in total. The maximum Gasteiger partial charge on any atom is 0.226 e. The summed E-state index contributed by atoms with van der Waals surface area (Å²) in [5.41, 5.74) is 0. The van der Waals surface area contributed by atoms with Crippen LogP contribution < -0.4 is 5.32 Å². The molecule has 3 heterocycles. The summed E-state index contributed by atoms with van der Waals surface area (Å²) >= 11 is 1.74. The Kier molecular flexibility index (Phi) is 3.88. The zero-order valence-corrected chi connectivity index (χ0v) is 13.4. The van der Waals surface area contributed by atoms with Crippen LogP contribution in [0.1, 0.15) is 31.0 Å². The molecule has 0 spiro atoms. The average Bonchev–Trinajstić information content (AvgIpc) is 3.09. The largest absolute Gasteiger partial charge is 0.354 e. The zero-order chi connectivity index (χ0) is 14.8. The van der Waals surface area contributed by atoms with E-state index in [2.05, 4.69) is 35.2 Å². The molecule has 21 heavy (non-hydrogen) atoms. The van der Waals surface area contributed by atoms with Crippen LogP contribution in [-0.4, -0.2) is 26.1 Å². The van der Waals surface area contributed by atoms with E-state index in [-0.39, 0.29) is 0 Å². The van der Waals surface area contributed by atoms with Gasteiger partial charge in [-0.3, -0.25) is 4.57 Å². The molecule has 0 atom stereocenters. The predicted octanol–water partition coefficient (Wildman–Crippen LogP) is 3.57. The van der Waals surface area contributed by atoms with E-state index >= 15 is 0 Å². The van der Waals surface area contributed by atoms with Gasteiger partial charge >= 0.3 is 0 Å². The molecule has 0 bridgehead atoms. The van der Waals surface area contributed by atoms with Crippen molar-refractivity contribution in [1.29, 1.82) is 0 Å². The number of nitrogens with zero attached hydrogens (tertiary/aromatic N) is 4. The Hall–Kier alpha value is -1.95. The van der Waals surface area contributed by atoms with Crippen molar-refractivity contribution < 1.29 is 0 Å². The second-order valence-electron chi connectivity index (χ2n) is 4.93. The van der Waals surface area contributed by atoms with Crippen LogP contribution in [0.3, 0.4) is 0 Å². The highest BCUT2D eigenvalue weighted by Crippen LogP contribution is 2.30. The maximum atomic E-state index is 4.70. The summed E-state index contributed by atoms with van der Waals surface area (Å²) in [4.78, 5) is 16.0. The second-order valence-corrected chi connectivity index (χ2v) is 6.04. The Labute approximate surface area is 128 Å². The molecule has 0 unspecified atom stereocenters. The summed E-state index contributed by atoms with van der Waals surface area (Å²) in [7, 11) is 0. The summed E-state index contributed by atoms with van der Waals surface area (Å²) in [6.45, 7) is 7.16. The molecular formula is C15H19N5S. The molecule has 3 aromatic heterocycles. The van der Waals surface area contributed by atoms with Gasteiger partial charge in [-0.2, -0.15) is 4.98 Å². The Balaban J connectivity index is 2.19. The first-order valence-electron chi connectivity index (χ1n) is 7.27.